The molecule has 19 heavy (non-hydrogen) atoms. The van der Waals surface area contributed by atoms with E-state index in [1.54, 1.807) is 0 Å². The summed E-state index contributed by atoms with van der Waals surface area (Å²) in [5.41, 5.74) is 2.72. The third-order valence-corrected chi connectivity index (χ3v) is 3.67. The molecule has 0 atom stereocenters. The van der Waals surface area contributed by atoms with Crippen LogP contribution in [0, 0.1) is 0 Å². The lowest BCUT2D eigenvalue weighted by Crippen LogP contribution is -2.15. The molecular weight excluding hydrogens is 234 g/mol. The molecule has 3 rings (SSSR count). The van der Waals surface area contributed by atoms with Crippen molar-refractivity contribution in [2.24, 2.45) is 0 Å². The first-order valence-electron chi connectivity index (χ1n) is 7.16. The first kappa shape index (κ1) is 12.4. The van der Waals surface area contributed by atoms with Crippen LogP contribution < -0.4 is 5.32 Å². The molecular formula is C16H21N3. The SMILES string of the molecule is CCn1ccnc1Cc1cccc(CNC2CC2)c1. The van der Waals surface area contributed by atoms with Crippen LogP contribution in [0.3, 0.4) is 0 Å². The van der Waals surface area contributed by atoms with Gasteiger partial charge in [0, 0.05) is 37.9 Å². The van der Waals surface area contributed by atoms with Crippen molar-refractivity contribution in [3.8, 4) is 0 Å². The fraction of sp³-hybridized carbons (Fsp3) is 0.438. The van der Waals surface area contributed by atoms with Gasteiger partial charge in [-0.15, -0.1) is 0 Å². The van der Waals surface area contributed by atoms with Gasteiger partial charge in [-0.1, -0.05) is 24.3 Å². The maximum atomic E-state index is 4.44. The highest BCUT2D eigenvalue weighted by atomic mass is 15.0. The lowest BCUT2D eigenvalue weighted by molar-refractivity contribution is 0.686. The predicted octanol–water partition coefficient (Wildman–Crippen LogP) is 2.75. The van der Waals surface area contributed by atoms with Crippen molar-refractivity contribution in [1.82, 2.24) is 14.9 Å². The minimum Gasteiger partial charge on any atom is -0.335 e. The van der Waals surface area contributed by atoms with Gasteiger partial charge < -0.3 is 9.88 Å². The topological polar surface area (TPSA) is 29.9 Å². The minimum absolute atomic E-state index is 0.766. The average molecular weight is 255 g/mol. The van der Waals surface area contributed by atoms with Gasteiger partial charge in [-0.2, -0.15) is 0 Å². The molecule has 0 radical (unpaired) electrons. The van der Waals surface area contributed by atoms with E-state index < -0.39 is 0 Å². The van der Waals surface area contributed by atoms with Crippen molar-refractivity contribution in [3.63, 3.8) is 0 Å². The van der Waals surface area contributed by atoms with Crippen LogP contribution in [0.15, 0.2) is 36.7 Å². The van der Waals surface area contributed by atoms with Crippen molar-refractivity contribution in [2.45, 2.75) is 45.3 Å². The van der Waals surface area contributed by atoms with E-state index in [2.05, 4.69) is 46.1 Å². The van der Waals surface area contributed by atoms with Crippen molar-refractivity contribution in [2.75, 3.05) is 0 Å². The molecule has 0 amide bonds. The summed E-state index contributed by atoms with van der Waals surface area (Å²) in [7, 11) is 0. The molecule has 1 aliphatic carbocycles. The van der Waals surface area contributed by atoms with Gasteiger partial charge in [-0.05, 0) is 30.9 Å². The van der Waals surface area contributed by atoms with E-state index in [9.17, 15) is 0 Å². The van der Waals surface area contributed by atoms with E-state index in [0.717, 1.165) is 31.4 Å². The lowest BCUT2D eigenvalue weighted by atomic mass is 10.1. The summed E-state index contributed by atoms with van der Waals surface area (Å²) in [6.45, 7) is 4.13. The van der Waals surface area contributed by atoms with Crippen LogP contribution in [-0.4, -0.2) is 15.6 Å². The average Bonchev–Trinajstić information content (AvgIpc) is 3.16. The van der Waals surface area contributed by atoms with Gasteiger partial charge in [0.15, 0.2) is 0 Å². The largest absolute Gasteiger partial charge is 0.335 e. The van der Waals surface area contributed by atoms with Gasteiger partial charge in [-0.3, -0.25) is 0 Å². The van der Waals surface area contributed by atoms with E-state index in [1.165, 1.54) is 24.0 Å². The number of imidazole rings is 1. The van der Waals surface area contributed by atoms with Crippen LogP contribution in [0.4, 0.5) is 0 Å². The van der Waals surface area contributed by atoms with E-state index in [1.807, 2.05) is 12.4 Å². The maximum Gasteiger partial charge on any atom is 0.113 e. The van der Waals surface area contributed by atoms with E-state index in [4.69, 9.17) is 0 Å². The van der Waals surface area contributed by atoms with Crippen molar-refractivity contribution in [1.29, 1.82) is 0 Å². The van der Waals surface area contributed by atoms with Crippen LogP contribution in [0.2, 0.25) is 0 Å². The predicted molar refractivity (Wildman–Crippen MR) is 77.0 cm³/mol. The Balaban J connectivity index is 1.68. The Morgan fingerprint density at radius 1 is 1.32 bits per heavy atom. The number of hydrogen-bond acceptors (Lipinski definition) is 2. The highest BCUT2D eigenvalue weighted by Gasteiger charge is 2.19. The van der Waals surface area contributed by atoms with Crippen molar-refractivity contribution >= 4 is 0 Å². The summed E-state index contributed by atoms with van der Waals surface area (Å²) in [5, 5.41) is 3.56. The van der Waals surface area contributed by atoms with Crippen LogP contribution in [0.5, 0.6) is 0 Å². The molecule has 3 nitrogen and oxygen atoms in total. The second-order valence-corrected chi connectivity index (χ2v) is 5.28. The van der Waals surface area contributed by atoms with Crippen LogP contribution in [0.25, 0.3) is 0 Å². The van der Waals surface area contributed by atoms with Crippen molar-refractivity contribution in [3.05, 3.63) is 53.6 Å². The minimum atomic E-state index is 0.766. The zero-order valence-electron chi connectivity index (χ0n) is 11.5. The van der Waals surface area contributed by atoms with Gasteiger partial charge >= 0.3 is 0 Å². The molecule has 1 aromatic carbocycles. The molecule has 100 valence electrons. The Kier molecular flexibility index (Phi) is 3.65. The molecule has 0 spiro atoms. The highest BCUT2D eigenvalue weighted by molar-refractivity contribution is 5.26. The monoisotopic (exact) mass is 255 g/mol. The highest BCUT2D eigenvalue weighted by Crippen LogP contribution is 2.19. The van der Waals surface area contributed by atoms with E-state index >= 15 is 0 Å². The Bertz CT molecular complexity index is 540. The third-order valence-electron chi connectivity index (χ3n) is 3.67. The second-order valence-electron chi connectivity index (χ2n) is 5.28. The first-order chi connectivity index (χ1) is 9.35. The van der Waals surface area contributed by atoms with Gasteiger partial charge in [0.25, 0.3) is 0 Å². The smallest absolute Gasteiger partial charge is 0.113 e. The molecule has 0 aliphatic heterocycles. The van der Waals surface area contributed by atoms with Gasteiger partial charge in [0.1, 0.15) is 5.82 Å². The number of aromatic nitrogens is 2. The maximum absolute atomic E-state index is 4.44. The van der Waals surface area contributed by atoms with Crippen LogP contribution in [0.1, 0.15) is 36.7 Å². The molecule has 0 unspecified atom stereocenters. The fourth-order valence-electron chi connectivity index (χ4n) is 2.38. The number of rotatable bonds is 6. The molecule has 0 bridgehead atoms. The van der Waals surface area contributed by atoms with E-state index in [-0.39, 0.29) is 0 Å². The van der Waals surface area contributed by atoms with Crippen molar-refractivity contribution < 1.29 is 0 Å². The Hall–Kier alpha value is -1.61. The number of aryl methyl sites for hydroxylation is 1. The number of benzene rings is 1. The van der Waals surface area contributed by atoms with E-state index in [0.29, 0.717) is 0 Å². The van der Waals surface area contributed by atoms with Gasteiger partial charge in [0.05, 0.1) is 0 Å². The summed E-state index contributed by atoms with van der Waals surface area (Å²) in [5.74, 6) is 1.15. The fourth-order valence-corrected chi connectivity index (χ4v) is 2.38. The zero-order chi connectivity index (χ0) is 13.1. The summed E-state index contributed by atoms with van der Waals surface area (Å²) in [4.78, 5) is 4.44. The molecule has 1 fully saturated rings. The molecule has 0 saturated heterocycles. The molecule has 1 saturated carbocycles. The van der Waals surface area contributed by atoms with Gasteiger partial charge in [0.2, 0.25) is 0 Å². The molecule has 1 aliphatic rings. The summed E-state index contributed by atoms with van der Waals surface area (Å²) >= 11 is 0. The summed E-state index contributed by atoms with van der Waals surface area (Å²) in [6, 6.07) is 9.60. The van der Waals surface area contributed by atoms with Crippen LogP contribution in [-0.2, 0) is 19.5 Å². The molecule has 1 heterocycles. The number of hydrogen-bond donors (Lipinski definition) is 1. The zero-order valence-corrected chi connectivity index (χ0v) is 11.5. The Labute approximate surface area is 114 Å². The summed E-state index contributed by atoms with van der Waals surface area (Å²) in [6.07, 6.45) is 7.53. The number of nitrogens with one attached hydrogen (secondary N) is 1. The molecule has 2 aromatic rings. The first-order valence-corrected chi connectivity index (χ1v) is 7.16. The Morgan fingerprint density at radius 3 is 2.95 bits per heavy atom. The second kappa shape index (κ2) is 5.57. The third kappa shape index (κ3) is 3.24. The lowest BCUT2D eigenvalue weighted by Gasteiger charge is -2.07. The standard InChI is InChI=1S/C16H21N3/c1-2-19-9-8-17-16(19)11-13-4-3-5-14(10-13)12-18-15-6-7-15/h3-5,8-10,15,18H,2,6-7,11-12H2,1H3. The molecule has 1 aromatic heterocycles. The molecule has 1 N–H and O–H groups in total. The Morgan fingerprint density at radius 2 is 2.16 bits per heavy atom. The quantitative estimate of drug-likeness (QED) is 0.860. The number of nitrogens with zero attached hydrogens (tertiary/aromatic N) is 2. The molecule has 3 heteroatoms. The van der Waals surface area contributed by atoms with Crippen LogP contribution >= 0.6 is 0 Å². The normalized spacial score (nSPS) is 14.8. The summed E-state index contributed by atoms with van der Waals surface area (Å²) < 4.78 is 2.20. The van der Waals surface area contributed by atoms with Gasteiger partial charge in [-0.25, -0.2) is 4.98 Å².